The molecule has 0 aliphatic rings. The number of carbonyl (C=O) groups excluding carboxylic acids is 3. The molecule has 1 aromatic rings. The summed E-state index contributed by atoms with van der Waals surface area (Å²) in [5.74, 6) is -0.362. The van der Waals surface area contributed by atoms with E-state index >= 15 is 0 Å². The van der Waals surface area contributed by atoms with Crippen LogP contribution in [-0.4, -0.2) is 52.8 Å². The molecule has 14 heteroatoms. The van der Waals surface area contributed by atoms with Crippen molar-refractivity contribution in [3.8, 4) is 0 Å². The number of nitrogens with one attached hydrogen (secondary N) is 2. The van der Waals surface area contributed by atoms with E-state index in [2.05, 4.69) is 19.5 Å². The van der Waals surface area contributed by atoms with Crippen LogP contribution >= 0.6 is 15.4 Å². The highest BCUT2D eigenvalue weighted by Gasteiger charge is 2.43. The number of esters is 1. The zero-order chi connectivity index (χ0) is 30.3. The number of amides is 1. The lowest BCUT2D eigenvalue weighted by Gasteiger charge is -2.26. The number of anilines is 1. The van der Waals surface area contributed by atoms with E-state index in [1.807, 2.05) is 45.0 Å². The molecule has 0 radical (unpaired) electrons. The summed E-state index contributed by atoms with van der Waals surface area (Å²) < 4.78 is 37.8. The number of phosphoric ester groups is 1. The second kappa shape index (κ2) is 17.6. The minimum atomic E-state index is -4.71. The first-order valence-electron chi connectivity index (χ1n) is 12.7. The molecule has 0 fully saturated rings. The average molecular weight is 595 g/mol. The van der Waals surface area contributed by atoms with E-state index in [-0.39, 0.29) is 43.9 Å². The number of hydrogen-bond acceptors (Lipinski definition) is 9. The molecule has 12 nitrogen and oxygen atoms in total. The van der Waals surface area contributed by atoms with Crippen molar-refractivity contribution in [3.05, 3.63) is 29.8 Å². The molecule has 0 saturated heterocycles. The standard InChI is InChI=1S/C16H27NO8P2.C9H17NO2/c1-16(2,3)26(19,20)25-27(21,22)24-11-5-6-15(18)23-12-13-7-9-14(17-4)10-8-13;1-4-5-9(12)10-8(6-11)7(2)3/h7-10,17H,5-6,11-12H2,1-4H3,(H,19,20)(H,21,22);6-8H,4-5H2,1-3H3,(H,10,12)/t;8-/m.1/s1. The Morgan fingerprint density at radius 3 is 2.13 bits per heavy atom. The van der Waals surface area contributed by atoms with Crippen molar-refractivity contribution < 1.29 is 46.9 Å². The minimum Gasteiger partial charge on any atom is -0.461 e. The summed E-state index contributed by atoms with van der Waals surface area (Å²) in [6, 6.07) is 7.03. The third-order valence-corrected chi connectivity index (χ3v) is 9.07. The first-order chi connectivity index (χ1) is 18.0. The lowest BCUT2D eigenvalue weighted by Crippen LogP contribution is -2.39. The minimum absolute atomic E-state index is 0.0370. The molecule has 0 heterocycles. The van der Waals surface area contributed by atoms with Crippen molar-refractivity contribution in [2.24, 2.45) is 5.92 Å². The van der Waals surface area contributed by atoms with Crippen molar-refractivity contribution in [2.75, 3.05) is 19.0 Å². The normalized spacial score (nSPS) is 15.1. The fourth-order valence-corrected chi connectivity index (χ4v) is 5.18. The SMILES string of the molecule is CCCC(=O)N[C@H](C=O)C(C)C.CNc1ccc(COC(=O)CCCOP(=O)(O)OP(=O)(O)C(C)(C)C)cc1. The molecular formula is C25H44N2O10P2. The second-order valence-electron chi connectivity index (χ2n) is 10.0. The van der Waals surface area contributed by atoms with E-state index in [4.69, 9.17) is 4.74 Å². The molecule has 0 aliphatic heterocycles. The lowest BCUT2D eigenvalue weighted by molar-refractivity contribution is -0.145. The number of ether oxygens (including phenoxy) is 1. The molecular weight excluding hydrogens is 550 g/mol. The molecule has 0 saturated carbocycles. The van der Waals surface area contributed by atoms with E-state index < -0.39 is 26.5 Å². The van der Waals surface area contributed by atoms with Gasteiger partial charge in [-0.25, -0.2) is 8.88 Å². The van der Waals surface area contributed by atoms with Gasteiger partial charge in [0.1, 0.15) is 12.9 Å². The third kappa shape index (κ3) is 15.9. The first-order valence-corrected chi connectivity index (χ1v) is 15.7. The molecule has 224 valence electrons. The van der Waals surface area contributed by atoms with Gasteiger partial charge in [-0.1, -0.05) is 32.9 Å². The van der Waals surface area contributed by atoms with Crippen molar-refractivity contribution in [1.82, 2.24) is 5.32 Å². The monoisotopic (exact) mass is 594 g/mol. The van der Waals surface area contributed by atoms with Crippen LogP contribution in [0.25, 0.3) is 0 Å². The summed E-state index contributed by atoms with van der Waals surface area (Å²) in [7, 11) is -7.26. The topological polar surface area (TPSA) is 178 Å². The highest BCUT2D eigenvalue weighted by Crippen LogP contribution is 2.66. The smallest absolute Gasteiger partial charge is 0.461 e. The molecule has 0 aromatic heterocycles. The molecule has 2 unspecified atom stereocenters. The fourth-order valence-electron chi connectivity index (χ4n) is 2.53. The van der Waals surface area contributed by atoms with Gasteiger partial charge in [0.05, 0.1) is 17.8 Å². The average Bonchev–Trinajstić information content (AvgIpc) is 2.83. The largest absolute Gasteiger partial charge is 0.479 e. The summed E-state index contributed by atoms with van der Waals surface area (Å²) in [4.78, 5) is 52.4. The maximum Gasteiger partial charge on any atom is 0.479 e. The zero-order valence-corrected chi connectivity index (χ0v) is 25.6. The van der Waals surface area contributed by atoms with Crippen LogP contribution in [0.1, 0.15) is 72.8 Å². The number of hydrogen-bond donors (Lipinski definition) is 4. The van der Waals surface area contributed by atoms with Crippen LogP contribution in [0.3, 0.4) is 0 Å². The lowest BCUT2D eigenvalue weighted by atomic mass is 10.1. The molecule has 39 heavy (non-hydrogen) atoms. The van der Waals surface area contributed by atoms with Gasteiger partial charge >= 0.3 is 21.4 Å². The van der Waals surface area contributed by atoms with E-state index in [1.54, 1.807) is 7.05 Å². The Hall–Kier alpha value is -2.07. The van der Waals surface area contributed by atoms with Gasteiger partial charge in [-0.05, 0) is 57.2 Å². The molecule has 1 aromatic carbocycles. The predicted molar refractivity (Wildman–Crippen MR) is 149 cm³/mol. The van der Waals surface area contributed by atoms with Crippen molar-refractivity contribution in [1.29, 1.82) is 0 Å². The van der Waals surface area contributed by atoms with Crippen molar-refractivity contribution in [2.45, 2.75) is 85.0 Å². The molecule has 0 spiro atoms. The molecule has 3 atom stereocenters. The van der Waals surface area contributed by atoms with Gasteiger partial charge in [0.15, 0.2) is 0 Å². The third-order valence-electron chi connectivity index (χ3n) is 5.15. The molecule has 0 bridgehead atoms. The zero-order valence-electron chi connectivity index (χ0n) is 23.8. The highest BCUT2D eigenvalue weighted by atomic mass is 31.3. The quantitative estimate of drug-likeness (QED) is 0.0949. The number of aldehydes is 1. The Labute approximate surface area is 231 Å². The van der Waals surface area contributed by atoms with Crippen LogP contribution in [0.4, 0.5) is 5.69 Å². The van der Waals surface area contributed by atoms with Gasteiger partial charge in [0.25, 0.3) is 0 Å². The molecule has 4 N–H and O–H groups in total. The van der Waals surface area contributed by atoms with Crippen LogP contribution in [0.15, 0.2) is 24.3 Å². The van der Waals surface area contributed by atoms with E-state index in [1.165, 1.54) is 20.8 Å². The maximum absolute atomic E-state index is 11.9. The van der Waals surface area contributed by atoms with Crippen molar-refractivity contribution in [3.63, 3.8) is 0 Å². The van der Waals surface area contributed by atoms with Gasteiger partial charge in [0, 0.05) is 25.6 Å². The summed E-state index contributed by atoms with van der Waals surface area (Å²) >= 11 is 0. The van der Waals surface area contributed by atoms with Gasteiger partial charge in [-0.2, -0.15) is 0 Å². The van der Waals surface area contributed by atoms with Crippen molar-refractivity contribution >= 4 is 39.3 Å². The number of rotatable bonds is 15. The Morgan fingerprint density at radius 2 is 1.67 bits per heavy atom. The summed E-state index contributed by atoms with van der Waals surface area (Å²) in [5, 5.41) is 4.41. The maximum atomic E-state index is 11.9. The molecule has 1 amide bonds. The Balaban J connectivity index is 0.00000101. The van der Waals surface area contributed by atoms with Crippen LogP contribution in [-0.2, 0) is 43.7 Å². The Morgan fingerprint density at radius 1 is 1.08 bits per heavy atom. The van der Waals surface area contributed by atoms with Gasteiger partial charge < -0.3 is 30.0 Å². The van der Waals surface area contributed by atoms with E-state index in [0.29, 0.717) is 6.42 Å². The number of carbonyl (C=O) groups is 3. The molecule has 1 rings (SSSR count). The summed E-state index contributed by atoms with van der Waals surface area (Å²) in [6.45, 7) is 9.76. The highest BCUT2D eigenvalue weighted by molar-refractivity contribution is 7.64. The predicted octanol–water partition coefficient (Wildman–Crippen LogP) is 4.80. The summed E-state index contributed by atoms with van der Waals surface area (Å²) in [5.41, 5.74) is 1.77. The fraction of sp³-hybridized carbons (Fsp3) is 0.640. The van der Waals surface area contributed by atoms with Crippen LogP contribution < -0.4 is 10.6 Å². The molecule has 0 aliphatic carbocycles. The summed E-state index contributed by atoms with van der Waals surface area (Å²) in [6.07, 6.45) is 2.16. The van der Waals surface area contributed by atoms with E-state index in [9.17, 15) is 33.3 Å². The van der Waals surface area contributed by atoms with E-state index in [0.717, 1.165) is 24.0 Å². The number of phosphoric acid groups is 1. The second-order valence-corrected chi connectivity index (χ2v) is 14.2. The Bertz CT molecular complexity index is 994. The van der Waals surface area contributed by atoms with Crippen LogP contribution in [0.5, 0.6) is 0 Å². The first kappa shape index (κ1) is 36.9. The van der Waals surface area contributed by atoms with Gasteiger partial charge in [-0.15, -0.1) is 0 Å². The van der Waals surface area contributed by atoms with Crippen LogP contribution in [0, 0.1) is 5.92 Å². The van der Waals surface area contributed by atoms with Gasteiger partial charge in [0.2, 0.25) is 5.91 Å². The number of benzene rings is 1. The Kier molecular flexibility index (Phi) is 16.7. The van der Waals surface area contributed by atoms with Crippen LogP contribution in [0.2, 0.25) is 0 Å². The van der Waals surface area contributed by atoms with Gasteiger partial charge in [-0.3, -0.25) is 18.7 Å².